The van der Waals surface area contributed by atoms with Gasteiger partial charge in [0.05, 0.1) is 11.5 Å². The summed E-state index contributed by atoms with van der Waals surface area (Å²) in [7, 11) is 0. The Hall–Kier alpha value is -2.32. The molecule has 1 aromatic rings. The Morgan fingerprint density at radius 3 is 2.67 bits per heavy atom. The minimum absolute atomic E-state index is 0.173. The molecule has 0 radical (unpaired) electrons. The first-order valence-corrected chi connectivity index (χ1v) is 7.38. The third kappa shape index (κ3) is 4.36. The van der Waals surface area contributed by atoms with Gasteiger partial charge in [0, 0.05) is 24.8 Å². The van der Waals surface area contributed by atoms with Crippen LogP contribution in [0.4, 0.5) is 13.2 Å². The lowest BCUT2D eigenvalue weighted by Crippen LogP contribution is -2.49. The smallest absolute Gasteiger partial charge is 0.422 e. The van der Waals surface area contributed by atoms with Gasteiger partial charge >= 0.3 is 12.1 Å². The molecule has 132 valence electrons. The average molecular weight is 346 g/mol. The van der Waals surface area contributed by atoms with E-state index < -0.39 is 36.6 Å². The summed E-state index contributed by atoms with van der Waals surface area (Å²) < 4.78 is 40.7. The van der Waals surface area contributed by atoms with Crippen molar-refractivity contribution in [2.24, 2.45) is 5.92 Å². The summed E-state index contributed by atoms with van der Waals surface area (Å²) in [5.74, 6) is -2.22. The predicted octanol–water partition coefficient (Wildman–Crippen LogP) is 2.35. The normalized spacial score (nSPS) is 21.4. The van der Waals surface area contributed by atoms with Gasteiger partial charge in [-0.25, -0.2) is 4.98 Å². The van der Waals surface area contributed by atoms with Crippen molar-refractivity contribution in [3.63, 3.8) is 0 Å². The van der Waals surface area contributed by atoms with Crippen molar-refractivity contribution in [3.8, 4) is 5.88 Å². The molecule has 9 heteroatoms. The number of carbonyl (C=O) groups excluding carboxylic acids is 1. The van der Waals surface area contributed by atoms with Gasteiger partial charge in [-0.2, -0.15) is 13.2 Å². The van der Waals surface area contributed by atoms with E-state index in [0.717, 1.165) is 6.20 Å². The number of carboxylic acid groups (broad SMARTS) is 1. The molecule has 24 heavy (non-hydrogen) atoms. The molecule has 0 saturated carbocycles. The van der Waals surface area contributed by atoms with Gasteiger partial charge in [0.15, 0.2) is 6.61 Å². The van der Waals surface area contributed by atoms with Gasteiger partial charge in [0.2, 0.25) is 5.88 Å². The maximum absolute atomic E-state index is 12.5. The standard InChI is InChI=1S/C15H17F3N2O4/c1-9-11(14(22)23)3-2-6-20(9)13(21)10-4-5-12(19-7-10)24-8-15(16,17)18/h4-5,7,9,11H,2-3,6,8H2,1H3,(H,22,23)/t9-,11-/m1/s1. The van der Waals surface area contributed by atoms with Crippen LogP contribution < -0.4 is 4.74 Å². The van der Waals surface area contributed by atoms with Crippen LogP contribution >= 0.6 is 0 Å². The number of rotatable bonds is 4. The van der Waals surface area contributed by atoms with Crippen LogP contribution in [0.2, 0.25) is 0 Å². The van der Waals surface area contributed by atoms with E-state index in [1.54, 1.807) is 6.92 Å². The van der Waals surface area contributed by atoms with Gasteiger partial charge in [-0.05, 0) is 25.8 Å². The van der Waals surface area contributed by atoms with Crippen LogP contribution in [-0.2, 0) is 4.79 Å². The number of ether oxygens (including phenoxy) is 1. The van der Waals surface area contributed by atoms with Gasteiger partial charge in [-0.3, -0.25) is 9.59 Å². The number of pyridine rings is 1. The van der Waals surface area contributed by atoms with Crippen LogP contribution in [-0.4, -0.2) is 52.2 Å². The van der Waals surface area contributed by atoms with E-state index >= 15 is 0 Å². The van der Waals surface area contributed by atoms with E-state index in [1.807, 2.05) is 0 Å². The molecule has 0 bridgehead atoms. The molecule has 0 spiro atoms. The van der Waals surface area contributed by atoms with Gasteiger partial charge < -0.3 is 14.7 Å². The Labute approximate surface area is 136 Å². The number of carbonyl (C=O) groups is 2. The second kappa shape index (κ2) is 7.06. The number of carboxylic acids is 1. The van der Waals surface area contributed by atoms with Crippen molar-refractivity contribution in [3.05, 3.63) is 23.9 Å². The lowest BCUT2D eigenvalue weighted by molar-refractivity contribution is -0.154. The highest BCUT2D eigenvalue weighted by atomic mass is 19.4. The molecule has 2 heterocycles. The molecule has 1 amide bonds. The minimum atomic E-state index is -4.47. The first-order chi connectivity index (χ1) is 11.2. The van der Waals surface area contributed by atoms with E-state index in [2.05, 4.69) is 9.72 Å². The van der Waals surface area contributed by atoms with Crippen LogP contribution in [0.3, 0.4) is 0 Å². The van der Waals surface area contributed by atoms with Crippen LogP contribution in [0.25, 0.3) is 0 Å². The van der Waals surface area contributed by atoms with E-state index in [9.17, 15) is 27.9 Å². The van der Waals surface area contributed by atoms with E-state index in [0.29, 0.717) is 19.4 Å². The Morgan fingerprint density at radius 2 is 2.12 bits per heavy atom. The molecule has 2 atom stereocenters. The molecule has 1 aliphatic rings. The topological polar surface area (TPSA) is 79.7 Å². The highest BCUT2D eigenvalue weighted by molar-refractivity contribution is 5.94. The summed E-state index contributed by atoms with van der Waals surface area (Å²) in [6.45, 7) is 0.636. The summed E-state index contributed by atoms with van der Waals surface area (Å²) >= 11 is 0. The molecule has 1 saturated heterocycles. The summed E-state index contributed by atoms with van der Waals surface area (Å²) in [6.07, 6.45) is -2.26. The number of amides is 1. The average Bonchev–Trinajstić information content (AvgIpc) is 2.52. The Morgan fingerprint density at radius 1 is 1.42 bits per heavy atom. The highest BCUT2D eigenvalue weighted by Gasteiger charge is 2.35. The number of halogens is 3. The molecule has 0 unspecified atom stereocenters. The van der Waals surface area contributed by atoms with Crippen molar-refractivity contribution in [2.75, 3.05) is 13.2 Å². The number of likely N-dealkylation sites (tertiary alicyclic amines) is 1. The number of alkyl halides is 3. The fraction of sp³-hybridized carbons (Fsp3) is 0.533. The Bertz CT molecular complexity index is 604. The maximum Gasteiger partial charge on any atom is 0.422 e. The van der Waals surface area contributed by atoms with Crippen LogP contribution in [0, 0.1) is 5.92 Å². The third-order valence-corrected chi connectivity index (χ3v) is 3.93. The predicted molar refractivity (Wildman–Crippen MR) is 76.6 cm³/mol. The molecule has 1 N–H and O–H groups in total. The fourth-order valence-electron chi connectivity index (χ4n) is 2.67. The number of aliphatic carboxylic acids is 1. The number of hydrogen-bond acceptors (Lipinski definition) is 4. The van der Waals surface area contributed by atoms with Crippen LogP contribution in [0.5, 0.6) is 5.88 Å². The molecular formula is C15H17F3N2O4. The highest BCUT2D eigenvalue weighted by Crippen LogP contribution is 2.25. The van der Waals surface area contributed by atoms with Crippen molar-refractivity contribution in [1.82, 2.24) is 9.88 Å². The zero-order valence-corrected chi connectivity index (χ0v) is 12.9. The molecule has 0 aliphatic carbocycles. The second-order valence-electron chi connectivity index (χ2n) is 5.62. The van der Waals surface area contributed by atoms with E-state index in [-0.39, 0.29) is 11.4 Å². The summed E-state index contributed by atoms with van der Waals surface area (Å²) in [6, 6.07) is 2.03. The van der Waals surface area contributed by atoms with Gasteiger partial charge in [-0.15, -0.1) is 0 Å². The van der Waals surface area contributed by atoms with Crippen molar-refractivity contribution < 1.29 is 32.6 Å². The largest absolute Gasteiger partial charge is 0.481 e. The molecule has 6 nitrogen and oxygen atoms in total. The van der Waals surface area contributed by atoms with Crippen LogP contribution in [0.15, 0.2) is 18.3 Å². The Kier molecular flexibility index (Phi) is 5.30. The summed E-state index contributed by atoms with van der Waals surface area (Å²) in [4.78, 5) is 28.8. The zero-order chi connectivity index (χ0) is 17.9. The SMILES string of the molecule is C[C@@H]1[C@H](C(=O)O)CCCN1C(=O)c1ccc(OCC(F)(F)F)nc1. The first-order valence-electron chi connectivity index (χ1n) is 7.38. The van der Waals surface area contributed by atoms with Crippen molar-refractivity contribution >= 4 is 11.9 Å². The lowest BCUT2D eigenvalue weighted by atomic mass is 9.90. The van der Waals surface area contributed by atoms with Crippen molar-refractivity contribution in [2.45, 2.75) is 32.0 Å². The fourth-order valence-corrected chi connectivity index (χ4v) is 2.67. The molecule has 2 rings (SSSR count). The molecular weight excluding hydrogens is 329 g/mol. The van der Waals surface area contributed by atoms with Crippen LogP contribution in [0.1, 0.15) is 30.1 Å². The third-order valence-electron chi connectivity index (χ3n) is 3.93. The summed E-state index contributed by atoms with van der Waals surface area (Å²) in [5.41, 5.74) is 0.173. The van der Waals surface area contributed by atoms with E-state index in [4.69, 9.17) is 0 Å². The zero-order valence-electron chi connectivity index (χ0n) is 12.9. The molecule has 0 aromatic carbocycles. The van der Waals surface area contributed by atoms with Gasteiger partial charge in [0.1, 0.15) is 0 Å². The summed E-state index contributed by atoms with van der Waals surface area (Å²) in [5, 5.41) is 9.18. The maximum atomic E-state index is 12.5. The molecule has 1 fully saturated rings. The lowest BCUT2D eigenvalue weighted by Gasteiger charge is -2.37. The minimum Gasteiger partial charge on any atom is -0.481 e. The van der Waals surface area contributed by atoms with Gasteiger partial charge in [0.25, 0.3) is 5.91 Å². The number of hydrogen-bond donors (Lipinski definition) is 1. The van der Waals surface area contributed by atoms with Gasteiger partial charge in [-0.1, -0.05) is 0 Å². The number of aromatic nitrogens is 1. The molecule has 1 aromatic heterocycles. The first kappa shape index (κ1) is 18.0. The van der Waals surface area contributed by atoms with E-state index in [1.165, 1.54) is 17.0 Å². The quantitative estimate of drug-likeness (QED) is 0.905. The molecule has 1 aliphatic heterocycles. The Balaban J connectivity index is 2.05. The van der Waals surface area contributed by atoms with Crippen molar-refractivity contribution in [1.29, 1.82) is 0 Å². The number of piperidine rings is 1. The monoisotopic (exact) mass is 346 g/mol. The second-order valence-corrected chi connectivity index (χ2v) is 5.62. The number of nitrogens with zero attached hydrogens (tertiary/aromatic N) is 2.